The van der Waals surface area contributed by atoms with Crippen molar-refractivity contribution >= 4 is 31.9 Å². The van der Waals surface area contributed by atoms with Gasteiger partial charge in [0, 0.05) is 11.0 Å². The summed E-state index contributed by atoms with van der Waals surface area (Å²) in [7, 11) is -3.61. The van der Waals surface area contributed by atoms with Crippen LogP contribution in [0.3, 0.4) is 0 Å². The van der Waals surface area contributed by atoms with Gasteiger partial charge < -0.3 is 9.47 Å². The number of carbonyl (C=O) groups excluding carboxylic acids is 1. The fourth-order valence-electron chi connectivity index (χ4n) is 1.89. The van der Waals surface area contributed by atoms with Gasteiger partial charge in [-0.3, -0.25) is 4.79 Å². The van der Waals surface area contributed by atoms with Crippen LogP contribution in [0.4, 0.5) is 0 Å². The summed E-state index contributed by atoms with van der Waals surface area (Å²) >= 11 is 3.33. The minimum Gasteiger partial charge on any atom is -0.490 e. The number of esters is 1. The molecule has 6 nitrogen and oxygen atoms in total. The van der Waals surface area contributed by atoms with Gasteiger partial charge in [0.05, 0.1) is 11.3 Å². The quantitative estimate of drug-likeness (QED) is 0.491. The summed E-state index contributed by atoms with van der Waals surface area (Å²) in [4.78, 5) is 11.8. The van der Waals surface area contributed by atoms with E-state index in [2.05, 4.69) is 20.7 Å². The Kier molecular flexibility index (Phi) is 7.42. The Balaban J connectivity index is 1.63. The summed E-state index contributed by atoms with van der Waals surface area (Å²) in [6, 6.07) is 15.3. The number of halogens is 1. The third kappa shape index (κ3) is 6.85. The first-order valence-electron chi connectivity index (χ1n) is 7.56. The summed E-state index contributed by atoms with van der Waals surface area (Å²) in [5.74, 6) is 0.185. The molecular weight excluding hydrogens is 410 g/mol. The topological polar surface area (TPSA) is 81.7 Å². The number of hydrogen-bond donors (Lipinski definition) is 1. The number of rotatable bonds is 9. The zero-order valence-corrected chi connectivity index (χ0v) is 15.8. The second-order valence-electron chi connectivity index (χ2n) is 4.98. The van der Waals surface area contributed by atoms with Crippen molar-refractivity contribution < 1.29 is 22.7 Å². The zero-order chi connectivity index (χ0) is 18.1. The molecule has 0 aromatic heterocycles. The van der Waals surface area contributed by atoms with E-state index in [0.717, 1.165) is 4.47 Å². The molecule has 25 heavy (non-hydrogen) atoms. The van der Waals surface area contributed by atoms with Crippen LogP contribution >= 0.6 is 15.9 Å². The van der Waals surface area contributed by atoms with E-state index in [4.69, 9.17) is 9.47 Å². The van der Waals surface area contributed by atoms with Crippen molar-refractivity contribution in [2.45, 2.75) is 11.3 Å². The van der Waals surface area contributed by atoms with Gasteiger partial charge in [0.15, 0.2) is 0 Å². The predicted octanol–water partition coefficient (Wildman–Crippen LogP) is 2.74. The number of carbonyl (C=O) groups is 1. The van der Waals surface area contributed by atoms with Gasteiger partial charge in [-0.05, 0) is 36.4 Å². The second kappa shape index (κ2) is 9.55. The Bertz CT molecular complexity index is 778. The molecule has 0 aliphatic heterocycles. The van der Waals surface area contributed by atoms with Crippen molar-refractivity contribution in [1.29, 1.82) is 0 Å². The molecule has 2 rings (SSSR count). The van der Waals surface area contributed by atoms with Gasteiger partial charge in [0.1, 0.15) is 19.0 Å². The zero-order valence-electron chi connectivity index (χ0n) is 13.4. The van der Waals surface area contributed by atoms with E-state index < -0.39 is 16.0 Å². The van der Waals surface area contributed by atoms with E-state index in [1.807, 2.05) is 12.1 Å². The first-order chi connectivity index (χ1) is 12.0. The number of ether oxygens (including phenoxy) is 2. The Morgan fingerprint density at radius 2 is 1.68 bits per heavy atom. The molecule has 2 aromatic rings. The Labute approximate surface area is 155 Å². The number of nitrogens with one attached hydrogen (secondary N) is 1. The highest BCUT2D eigenvalue weighted by Crippen LogP contribution is 2.15. The second-order valence-corrected chi connectivity index (χ2v) is 7.67. The van der Waals surface area contributed by atoms with Crippen LogP contribution in [0.2, 0.25) is 0 Å². The van der Waals surface area contributed by atoms with Gasteiger partial charge in [-0.2, -0.15) is 0 Å². The SMILES string of the molecule is O=C(CCNS(=O)(=O)c1ccccc1)OCCOc1ccc(Br)cc1. The fourth-order valence-corrected chi connectivity index (χ4v) is 3.21. The summed E-state index contributed by atoms with van der Waals surface area (Å²) in [5, 5.41) is 0. The molecule has 0 heterocycles. The van der Waals surface area contributed by atoms with Gasteiger partial charge >= 0.3 is 5.97 Å². The molecule has 0 amide bonds. The third-order valence-corrected chi connectivity index (χ3v) is 5.11. The molecule has 0 unspecified atom stereocenters. The fraction of sp³-hybridized carbons (Fsp3) is 0.235. The van der Waals surface area contributed by atoms with Gasteiger partial charge in [-0.1, -0.05) is 34.1 Å². The summed E-state index contributed by atoms with van der Waals surface area (Å²) in [6.45, 7) is 0.299. The average molecular weight is 428 g/mol. The normalized spacial score (nSPS) is 11.1. The molecule has 0 saturated carbocycles. The lowest BCUT2D eigenvalue weighted by Gasteiger charge is -2.08. The molecule has 0 spiro atoms. The van der Waals surface area contributed by atoms with Crippen molar-refractivity contribution in [2.24, 2.45) is 0 Å². The van der Waals surface area contributed by atoms with Crippen LogP contribution in [0, 0.1) is 0 Å². The number of benzene rings is 2. The van der Waals surface area contributed by atoms with Gasteiger partial charge in [0.2, 0.25) is 10.0 Å². The van der Waals surface area contributed by atoms with Crippen LogP contribution in [0.15, 0.2) is 64.0 Å². The van der Waals surface area contributed by atoms with E-state index >= 15 is 0 Å². The monoisotopic (exact) mass is 427 g/mol. The maximum Gasteiger partial charge on any atom is 0.307 e. The molecule has 1 N–H and O–H groups in total. The van der Waals surface area contributed by atoms with Gasteiger partial charge in [-0.15, -0.1) is 0 Å². The third-order valence-electron chi connectivity index (χ3n) is 3.10. The van der Waals surface area contributed by atoms with Crippen LogP contribution in [0.1, 0.15) is 6.42 Å². The molecular formula is C17H18BrNO5S. The van der Waals surface area contributed by atoms with Gasteiger partial charge in [0.25, 0.3) is 0 Å². The molecule has 0 bridgehead atoms. The van der Waals surface area contributed by atoms with Gasteiger partial charge in [-0.25, -0.2) is 13.1 Å². The molecule has 0 fully saturated rings. The largest absolute Gasteiger partial charge is 0.490 e. The molecule has 2 aromatic carbocycles. The molecule has 0 aliphatic carbocycles. The molecule has 0 radical (unpaired) electrons. The smallest absolute Gasteiger partial charge is 0.307 e. The number of hydrogen-bond acceptors (Lipinski definition) is 5. The molecule has 0 aliphatic rings. The lowest BCUT2D eigenvalue weighted by molar-refractivity contribution is -0.144. The lowest BCUT2D eigenvalue weighted by atomic mass is 10.3. The number of sulfonamides is 1. The van der Waals surface area contributed by atoms with Crippen molar-refractivity contribution in [3.63, 3.8) is 0 Å². The summed E-state index contributed by atoms with van der Waals surface area (Å²) in [5.41, 5.74) is 0. The molecule has 0 saturated heterocycles. The molecule has 8 heteroatoms. The molecule has 0 atom stereocenters. The lowest BCUT2D eigenvalue weighted by Crippen LogP contribution is -2.27. The minimum atomic E-state index is -3.61. The Hall–Kier alpha value is -1.90. The van der Waals surface area contributed by atoms with Crippen LogP contribution in [-0.4, -0.2) is 34.1 Å². The van der Waals surface area contributed by atoms with E-state index in [1.54, 1.807) is 30.3 Å². The highest BCUT2D eigenvalue weighted by atomic mass is 79.9. The van der Waals surface area contributed by atoms with Crippen molar-refractivity contribution in [1.82, 2.24) is 4.72 Å². The van der Waals surface area contributed by atoms with Crippen LogP contribution in [0.5, 0.6) is 5.75 Å². The summed E-state index contributed by atoms with van der Waals surface area (Å²) < 4.78 is 37.7. The first kappa shape index (κ1) is 19.4. The minimum absolute atomic E-state index is 0.0242. The Morgan fingerprint density at radius 3 is 2.36 bits per heavy atom. The van der Waals surface area contributed by atoms with Crippen LogP contribution in [-0.2, 0) is 19.6 Å². The van der Waals surface area contributed by atoms with E-state index in [1.165, 1.54) is 12.1 Å². The van der Waals surface area contributed by atoms with E-state index in [-0.39, 0.29) is 31.1 Å². The maximum absolute atomic E-state index is 12.0. The first-order valence-corrected chi connectivity index (χ1v) is 9.84. The van der Waals surface area contributed by atoms with Crippen molar-refractivity contribution in [3.05, 3.63) is 59.1 Å². The van der Waals surface area contributed by atoms with Crippen LogP contribution < -0.4 is 9.46 Å². The maximum atomic E-state index is 12.0. The van der Waals surface area contributed by atoms with Crippen LogP contribution in [0.25, 0.3) is 0 Å². The highest BCUT2D eigenvalue weighted by molar-refractivity contribution is 9.10. The summed E-state index contributed by atoms with van der Waals surface area (Å²) in [6.07, 6.45) is -0.0512. The highest BCUT2D eigenvalue weighted by Gasteiger charge is 2.13. The van der Waals surface area contributed by atoms with E-state index in [0.29, 0.717) is 5.75 Å². The van der Waals surface area contributed by atoms with E-state index in [9.17, 15) is 13.2 Å². The molecule has 134 valence electrons. The standard InChI is InChI=1S/C17H18BrNO5S/c18-14-6-8-15(9-7-14)23-12-13-24-17(20)10-11-19-25(21,22)16-4-2-1-3-5-16/h1-9,19H,10-13H2. The Morgan fingerprint density at radius 1 is 1.00 bits per heavy atom. The van der Waals surface area contributed by atoms with Crippen molar-refractivity contribution in [3.8, 4) is 5.75 Å². The average Bonchev–Trinajstić information content (AvgIpc) is 2.61. The van der Waals surface area contributed by atoms with Crippen molar-refractivity contribution in [2.75, 3.05) is 19.8 Å². The predicted molar refractivity (Wildman–Crippen MR) is 96.8 cm³/mol.